The third-order valence-electron chi connectivity index (χ3n) is 2.79. The molecule has 1 aliphatic heterocycles. The van der Waals surface area contributed by atoms with Gasteiger partial charge in [-0.3, -0.25) is 9.69 Å². The summed E-state index contributed by atoms with van der Waals surface area (Å²) in [5, 5.41) is 0. The van der Waals surface area contributed by atoms with Crippen LogP contribution in [0.3, 0.4) is 0 Å². The lowest BCUT2D eigenvalue weighted by molar-refractivity contribution is -0.135. The molecule has 1 saturated heterocycles. The molecule has 3 heteroatoms. The number of rotatable bonds is 2. The standard InChI is InChI=1S/C9H16N2O/c1-2-10-5-6-11(7-9(10)12)8-3-4-8/h8H,2-7H2,1H3. The van der Waals surface area contributed by atoms with Crippen LogP contribution in [0.2, 0.25) is 0 Å². The first-order valence-corrected chi connectivity index (χ1v) is 4.83. The first-order chi connectivity index (χ1) is 5.81. The molecule has 0 radical (unpaired) electrons. The highest BCUT2D eigenvalue weighted by molar-refractivity contribution is 5.79. The van der Waals surface area contributed by atoms with E-state index in [1.54, 1.807) is 0 Å². The van der Waals surface area contributed by atoms with Gasteiger partial charge in [-0.15, -0.1) is 0 Å². The van der Waals surface area contributed by atoms with Crippen molar-refractivity contribution >= 4 is 5.91 Å². The second kappa shape index (κ2) is 3.05. The summed E-state index contributed by atoms with van der Waals surface area (Å²) in [7, 11) is 0. The molecule has 1 saturated carbocycles. The average molecular weight is 168 g/mol. The van der Waals surface area contributed by atoms with E-state index in [-0.39, 0.29) is 0 Å². The van der Waals surface area contributed by atoms with Crippen molar-refractivity contribution in [3.63, 3.8) is 0 Å². The van der Waals surface area contributed by atoms with E-state index < -0.39 is 0 Å². The van der Waals surface area contributed by atoms with Crippen molar-refractivity contribution in [1.82, 2.24) is 9.80 Å². The van der Waals surface area contributed by atoms with Crippen LogP contribution < -0.4 is 0 Å². The fourth-order valence-electron chi connectivity index (χ4n) is 1.81. The van der Waals surface area contributed by atoms with Gasteiger partial charge in [0.05, 0.1) is 6.54 Å². The maximum absolute atomic E-state index is 11.5. The van der Waals surface area contributed by atoms with Gasteiger partial charge in [0.2, 0.25) is 5.91 Å². The Balaban J connectivity index is 1.89. The van der Waals surface area contributed by atoms with Gasteiger partial charge in [0.25, 0.3) is 0 Å². The summed E-state index contributed by atoms with van der Waals surface area (Å²) >= 11 is 0. The van der Waals surface area contributed by atoms with Crippen LogP contribution in [0.25, 0.3) is 0 Å². The van der Waals surface area contributed by atoms with Gasteiger partial charge in [0.1, 0.15) is 0 Å². The van der Waals surface area contributed by atoms with E-state index in [0.717, 1.165) is 25.7 Å². The summed E-state index contributed by atoms with van der Waals surface area (Å²) in [6.45, 7) is 5.61. The molecule has 0 atom stereocenters. The number of hydrogen-bond acceptors (Lipinski definition) is 2. The van der Waals surface area contributed by atoms with Crippen LogP contribution in [0, 0.1) is 0 Å². The zero-order valence-corrected chi connectivity index (χ0v) is 7.62. The Bertz CT molecular complexity index is 189. The molecule has 0 spiro atoms. The molecular formula is C9H16N2O. The minimum Gasteiger partial charge on any atom is -0.341 e. The lowest BCUT2D eigenvalue weighted by Crippen LogP contribution is -2.50. The Morgan fingerprint density at radius 1 is 1.42 bits per heavy atom. The van der Waals surface area contributed by atoms with Gasteiger partial charge < -0.3 is 4.90 Å². The number of likely N-dealkylation sites (N-methyl/N-ethyl adjacent to an activating group) is 1. The van der Waals surface area contributed by atoms with E-state index in [1.807, 2.05) is 11.8 Å². The lowest BCUT2D eigenvalue weighted by Gasteiger charge is -2.33. The van der Waals surface area contributed by atoms with Crippen molar-refractivity contribution in [3.05, 3.63) is 0 Å². The largest absolute Gasteiger partial charge is 0.341 e. The van der Waals surface area contributed by atoms with Crippen molar-refractivity contribution in [1.29, 1.82) is 0 Å². The van der Waals surface area contributed by atoms with Crippen LogP contribution >= 0.6 is 0 Å². The first-order valence-electron chi connectivity index (χ1n) is 4.83. The summed E-state index contributed by atoms with van der Waals surface area (Å²) in [6, 6.07) is 0.743. The quantitative estimate of drug-likeness (QED) is 0.592. The number of hydrogen-bond donors (Lipinski definition) is 0. The summed E-state index contributed by atoms with van der Waals surface area (Å²) in [5.74, 6) is 0.315. The molecule has 0 aromatic carbocycles. The van der Waals surface area contributed by atoms with Crippen LogP contribution in [0.1, 0.15) is 19.8 Å². The fourth-order valence-corrected chi connectivity index (χ4v) is 1.81. The molecule has 1 heterocycles. The van der Waals surface area contributed by atoms with E-state index in [1.165, 1.54) is 12.8 Å². The molecule has 2 rings (SSSR count). The topological polar surface area (TPSA) is 23.6 Å². The highest BCUT2D eigenvalue weighted by Crippen LogP contribution is 2.27. The molecule has 2 aliphatic rings. The van der Waals surface area contributed by atoms with Gasteiger partial charge in [0, 0.05) is 25.7 Å². The van der Waals surface area contributed by atoms with Crippen LogP contribution in [0.15, 0.2) is 0 Å². The Morgan fingerprint density at radius 3 is 2.67 bits per heavy atom. The zero-order valence-electron chi connectivity index (χ0n) is 7.62. The van der Waals surface area contributed by atoms with Crippen LogP contribution in [0.4, 0.5) is 0 Å². The number of piperazine rings is 1. The Kier molecular flexibility index (Phi) is 2.05. The lowest BCUT2D eigenvalue weighted by atomic mass is 10.3. The number of nitrogens with zero attached hydrogens (tertiary/aromatic N) is 2. The molecule has 0 bridgehead atoms. The maximum atomic E-state index is 11.5. The average Bonchev–Trinajstić information content (AvgIpc) is 2.86. The van der Waals surface area contributed by atoms with E-state index in [9.17, 15) is 4.79 Å². The summed E-state index contributed by atoms with van der Waals surface area (Å²) in [5.41, 5.74) is 0. The first kappa shape index (κ1) is 8.05. The minimum absolute atomic E-state index is 0.315. The number of carbonyl (C=O) groups excluding carboxylic acids is 1. The summed E-state index contributed by atoms with van der Waals surface area (Å²) in [4.78, 5) is 15.7. The van der Waals surface area contributed by atoms with Crippen molar-refractivity contribution < 1.29 is 4.79 Å². The van der Waals surface area contributed by atoms with E-state index in [0.29, 0.717) is 12.5 Å². The monoisotopic (exact) mass is 168 g/mol. The molecule has 3 nitrogen and oxygen atoms in total. The summed E-state index contributed by atoms with van der Waals surface area (Å²) in [6.07, 6.45) is 2.61. The highest BCUT2D eigenvalue weighted by Gasteiger charge is 2.33. The van der Waals surface area contributed by atoms with Gasteiger partial charge in [0.15, 0.2) is 0 Å². The summed E-state index contributed by atoms with van der Waals surface area (Å²) < 4.78 is 0. The molecule has 0 N–H and O–H groups in total. The van der Waals surface area contributed by atoms with Crippen LogP contribution in [-0.2, 0) is 4.79 Å². The van der Waals surface area contributed by atoms with Gasteiger partial charge in [-0.05, 0) is 19.8 Å². The van der Waals surface area contributed by atoms with Gasteiger partial charge in [-0.25, -0.2) is 0 Å². The number of amides is 1. The SMILES string of the molecule is CCN1CCN(C2CC2)CC1=O. The second-order valence-electron chi connectivity index (χ2n) is 3.68. The molecule has 0 unspecified atom stereocenters. The zero-order chi connectivity index (χ0) is 8.55. The van der Waals surface area contributed by atoms with Gasteiger partial charge in [-0.2, -0.15) is 0 Å². The van der Waals surface area contributed by atoms with E-state index in [4.69, 9.17) is 0 Å². The van der Waals surface area contributed by atoms with Gasteiger partial charge >= 0.3 is 0 Å². The third kappa shape index (κ3) is 1.46. The molecular weight excluding hydrogens is 152 g/mol. The smallest absolute Gasteiger partial charge is 0.236 e. The Hall–Kier alpha value is -0.570. The molecule has 0 aromatic rings. The second-order valence-corrected chi connectivity index (χ2v) is 3.68. The molecule has 1 amide bonds. The number of carbonyl (C=O) groups is 1. The van der Waals surface area contributed by atoms with Crippen LogP contribution in [0.5, 0.6) is 0 Å². The maximum Gasteiger partial charge on any atom is 0.236 e. The van der Waals surface area contributed by atoms with Crippen molar-refractivity contribution in [2.75, 3.05) is 26.2 Å². The Morgan fingerprint density at radius 2 is 2.17 bits per heavy atom. The fraction of sp³-hybridized carbons (Fsp3) is 0.889. The molecule has 2 fully saturated rings. The Labute approximate surface area is 73.3 Å². The van der Waals surface area contributed by atoms with Crippen molar-refractivity contribution in [2.24, 2.45) is 0 Å². The molecule has 12 heavy (non-hydrogen) atoms. The highest BCUT2D eigenvalue weighted by atomic mass is 16.2. The third-order valence-corrected chi connectivity index (χ3v) is 2.79. The van der Waals surface area contributed by atoms with Gasteiger partial charge in [-0.1, -0.05) is 0 Å². The predicted octanol–water partition coefficient (Wildman–Crippen LogP) is 0.313. The predicted molar refractivity (Wildman–Crippen MR) is 46.8 cm³/mol. The molecule has 1 aliphatic carbocycles. The molecule has 68 valence electrons. The normalized spacial score (nSPS) is 26.4. The minimum atomic E-state index is 0.315. The van der Waals surface area contributed by atoms with E-state index >= 15 is 0 Å². The van der Waals surface area contributed by atoms with Crippen molar-refractivity contribution in [3.8, 4) is 0 Å². The molecule has 0 aromatic heterocycles. The van der Waals surface area contributed by atoms with E-state index in [2.05, 4.69) is 4.90 Å². The van der Waals surface area contributed by atoms with Crippen LogP contribution in [-0.4, -0.2) is 47.9 Å². The van der Waals surface area contributed by atoms with Crippen molar-refractivity contribution in [2.45, 2.75) is 25.8 Å².